The van der Waals surface area contributed by atoms with Crippen molar-refractivity contribution >= 4 is 18.3 Å². The molecule has 2 N–H and O–H groups in total. The van der Waals surface area contributed by atoms with Crippen LogP contribution in [0.15, 0.2) is 48.5 Å². The van der Waals surface area contributed by atoms with Crippen molar-refractivity contribution in [1.29, 1.82) is 0 Å². The van der Waals surface area contributed by atoms with Crippen LogP contribution in [-0.4, -0.2) is 25.0 Å². The number of hydrogen-bond donors (Lipinski definition) is 2. The van der Waals surface area contributed by atoms with Gasteiger partial charge in [0.25, 0.3) is 0 Å². The number of amides is 1. The third kappa shape index (κ3) is 6.07. The summed E-state index contributed by atoms with van der Waals surface area (Å²) in [7, 11) is 0. The Morgan fingerprint density at radius 3 is 2.76 bits per heavy atom. The molecule has 0 saturated carbocycles. The number of hydrogen-bond acceptors (Lipinski definition) is 3. The molecule has 1 fully saturated rings. The van der Waals surface area contributed by atoms with Gasteiger partial charge in [-0.1, -0.05) is 42.0 Å². The smallest absolute Gasteiger partial charge is 0.224 e. The van der Waals surface area contributed by atoms with Gasteiger partial charge in [-0.15, -0.1) is 12.4 Å². The molecular weight excluding hydrogens is 336 g/mol. The molecular formula is C20H25ClN2O2. The summed E-state index contributed by atoms with van der Waals surface area (Å²) in [5.74, 6) is 0.865. The highest BCUT2D eigenvalue weighted by molar-refractivity contribution is 5.85. The molecule has 1 aliphatic rings. The van der Waals surface area contributed by atoms with Crippen LogP contribution in [-0.2, 0) is 17.8 Å². The van der Waals surface area contributed by atoms with Crippen molar-refractivity contribution in [2.24, 2.45) is 0 Å². The summed E-state index contributed by atoms with van der Waals surface area (Å²) in [6, 6.07) is 16.3. The molecule has 0 bridgehead atoms. The molecule has 2 aromatic rings. The van der Waals surface area contributed by atoms with Crippen LogP contribution in [0.2, 0.25) is 0 Å². The van der Waals surface area contributed by atoms with Crippen molar-refractivity contribution in [1.82, 2.24) is 10.6 Å². The summed E-state index contributed by atoms with van der Waals surface area (Å²) >= 11 is 0. The van der Waals surface area contributed by atoms with Gasteiger partial charge in [0.2, 0.25) is 5.91 Å². The van der Waals surface area contributed by atoms with E-state index < -0.39 is 0 Å². The lowest BCUT2D eigenvalue weighted by molar-refractivity contribution is -0.121. The topological polar surface area (TPSA) is 50.4 Å². The lowest BCUT2D eigenvalue weighted by Crippen LogP contribution is -2.37. The van der Waals surface area contributed by atoms with E-state index >= 15 is 0 Å². The zero-order valence-electron chi connectivity index (χ0n) is 14.5. The van der Waals surface area contributed by atoms with Crippen LogP contribution in [0.1, 0.15) is 23.1 Å². The highest BCUT2D eigenvalue weighted by Gasteiger charge is 2.16. The van der Waals surface area contributed by atoms with Crippen LogP contribution >= 0.6 is 12.4 Å². The third-order valence-corrected chi connectivity index (χ3v) is 4.18. The van der Waals surface area contributed by atoms with Crippen LogP contribution in [0.25, 0.3) is 0 Å². The predicted octanol–water partition coefficient (Wildman–Crippen LogP) is 3.02. The SMILES string of the molecule is Cc1cccc(COc2cccc(CC(=O)NC3CCNC3)c2)c1.Cl. The Kier molecular flexibility index (Phi) is 7.29. The first kappa shape index (κ1) is 19.3. The molecule has 0 spiro atoms. The van der Waals surface area contributed by atoms with Crippen molar-refractivity contribution in [3.63, 3.8) is 0 Å². The van der Waals surface area contributed by atoms with Crippen molar-refractivity contribution in [3.05, 3.63) is 65.2 Å². The fraction of sp³-hybridized carbons (Fsp3) is 0.350. The van der Waals surface area contributed by atoms with Gasteiger partial charge in [-0.2, -0.15) is 0 Å². The van der Waals surface area contributed by atoms with Gasteiger partial charge < -0.3 is 15.4 Å². The van der Waals surface area contributed by atoms with Crippen LogP contribution in [0, 0.1) is 6.92 Å². The predicted molar refractivity (Wildman–Crippen MR) is 102 cm³/mol. The Hall–Kier alpha value is -2.04. The van der Waals surface area contributed by atoms with E-state index in [0.29, 0.717) is 13.0 Å². The zero-order valence-corrected chi connectivity index (χ0v) is 15.3. The molecule has 4 nitrogen and oxygen atoms in total. The molecule has 1 heterocycles. The highest BCUT2D eigenvalue weighted by Crippen LogP contribution is 2.16. The van der Waals surface area contributed by atoms with E-state index in [1.54, 1.807) is 0 Å². The Balaban J connectivity index is 0.00000225. The van der Waals surface area contributed by atoms with Gasteiger partial charge in [0.1, 0.15) is 12.4 Å². The van der Waals surface area contributed by atoms with Crippen LogP contribution in [0.3, 0.4) is 0 Å². The summed E-state index contributed by atoms with van der Waals surface area (Å²) in [5.41, 5.74) is 3.34. The molecule has 0 aliphatic carbocycles. The number of nitrogens with one attached hydrogen (secondary N) is 2. The normalized spacial score (nSPS) is 16.1. The second kappa shape index (κ2) is 9.44. The second-order valence-corrected chi connectivity index (χ2v) is 6.36. The molecule has 1 saturated heterocycles. The van der Waals surface area contributed by atoms with E-state index in [-0.39, 0.29) is 24.4 Å². The van der Waals surface area contributed by atoms with Gasteiger partial charge in [-0.3, -0.25) is 4.79 Å². The van der Waals surface area contributed by atoms with Gasteiger partial charge in [-0.05, 0) is 43.1 Å². The molecule has 1 atom stereocenters. The van der Waals surface area contributed by atoms with E-state index in [0.717, 1.165) is 36.4 Å². The molecule has 1 amide bonds. The number of benzene rings is 2. The summed E-state index contributed by atoms with van der Waals surface area (Å²) in [6.07, 6.45) is 1.39. The highest BCUT2D eigenvalue weighted by atomic mass is 35.5. The Morgan fingerprint density at radius 2 is 2.00 bits per heavy atom. The molecule has 0 radical (unpaired) electrons. The van der Waals surface area contributed by atoms with Crippen molar-refractivity contribution in [3.8, 4) is 5.75 Å². The maximum Gasteiger partial charge on any atom is 0.224 e. The first-order valence-corrected chi connectivity index (χ1v) is 8.46. The number of ether oxygens (including phenoxy) is 1. The monoisotopic (exact) mass is 360 g/mol. The Bertz CT molecular complexity index is 700. The van der Waals surface area contributed by atoms with Gasteiger partial charge in [-0.25, -0.2) is 0 Å². The van der Waals surface area contributed by atoms with Gasteiger partial charge in [0.15, 0.2) is 0 Å². The molecule has 1 aliphatic heterocycles. The quantitative estimate of drug-likeness (QED) is 0.832. The van der Waals surface area contributed by atoms with E-state index in [1.807, 2.05) is 30.3 Å². The van der Waals surface area contributed by atoms with Gasteiger partial charge in [0.05, 0.1) is 6.42 Å². The van der Waals surface area contributed by atoms with E-state index in [4.69, 9.17) is 4.74 Å². The summed E-state index contributed by atoms with van der Waals surface area (Å²) in [5, 5.41) is 6.32. The van der Waals surface area contributed by atoms with Crippen LogP contribution in [0.4, 0.5) is 0 Å². The van der Waals surface area contributed by atoms with Crippen molar-refractivity contribution in [2.75, 3.05) is 13.1 Å². The lowest BCUT2D eigenvalue weighted by Gasteiger charge is -2.12. The first-order chi connectivity index (χ1) is 11.7. The lowest BCUT2D eigenvalue weighted by atomic mass is 10.1. The Morgan fingerprint density at radius 1 is 1.20 bits per heavy atom. The van der Waals surface area contributed by atoms with E-state index in [9.17, 15) is 4.79 Å². The average molecular weight is 361 g/mol. The molecule has 3 rings (SSSR count). The Labute approximate surface area is 155 Å². The standard InChI is InChI=1S/C20H24N2O2.ClH/c1-15-4-2-6-17(10-15)14-24-19-7-3-5-16(11-19)12-20(23)22-18-8-9-21-13-18;/h2-7,10-11,18,21H,8-9,12-14H2,1H3,(H,22,23);1H. The third-order valence-electron chi connectivity index (χ3n) is 4.18. The summed E-state index contributed by atoms with van der Waals surface area (Å²) < 4.78 is 5.86. The number of carbonyl (C=O) groups excluding carboxylic acids is 1. The minimum atomic E-state index is 0. The van der Waals surface area contributed by atoms with Crippen LogP contribution < -0.4 is 15.4 Å². The fourth-order valence-electron chi connectivity index (χ4n) is 2.96. The maximum atomic E-state index is 12.1. The van der Waals surface area contributed by atoms with E-state index in [1.165, 1.54) is 5.56 Å². The van der Waals surface area contributed by atoms with Crippen LogP contribution in [0.5, 0.6) is 5.75 Å². The zero-order chi connectivity index (χ0) is 16.8. The molecule has 25 heavy (non-hydrogen) atoms. The fourth-order valence-corrected chi connectivity index (χ4v) is 2.96. The first-order valence-electron chi connectivity index (χ1n) is 8.46. The number of aryl methyl sites for hydroxylation is 1. The van der Waals surface area contributed by atoms with Crippen molar-refractivity contribution in [2.45, 2.75) is 32.4 Å². The van der Waals surface area contributed by atoms with Gasteiger partial charge >= 0.3 is 0 Å². The van der Waals surface area contributed by atoms with Crippen molar-refractivity contribution < 1.29 is 9.53 Å². The summed E-state index contributed by atoms with van der Waals surface area (Å²) in [4.78, 5) is 12.1. The van der Waals surface area contributed by atoms with E-state index in [2.05, 4.69) is 35.8 Å². The second-order valence-electron chi connectivity index (χ2n) is 6.36. The molecule has 5 heteroatoms. The molecule has 2 aromatic carbocycles. The molecule has 1 unspecified atom stereocenters. The molecule has 134 valence electrons. The maximum absolute atomic E-state index is 12.1. The summed E-state index contributed by atoms with van der Waals surface area (Å²) in [6.45, 7) is 4.45. The number of rotatable bonds is 6. The average Bonchev–Trinajstić information content (AvgIpc) is 3.06. The largest absolute Gasteiger partial charge is 0.489 e. The number of halogens is 1. The molecule has 0 aromatic heterocycles. The van der Waals surface area contributed by atoms with Gasteiger partial charge in [0, 0.05) is 12.6 Å². The minimum absolute atomic E-state index is 0. The number of carbonyl (C=O) groups is 1. The minimum Gasteiger partial charge on any atom is -0.489 e.